The van der Waals surface area contributed by atoms with E-state index in [2.05, 4.69) is 15.3 Å². The number of carbonyl (C=O) groups is 2. The van der Waals surface area contributed by atoms with Crippen LogP contribution in [0.15, 0.2) is 23.7 Å². The number of halogens is 3. The Morgan fingerprint density at radius 3 is 2.82 bits per heavy atom. The molecule has 1 atom stereocenters. The van der Waals surface area contributed by atoms with Gasteiger partial charge in [-0.05, 0) is 31.5 Å². The van der Waals surface area contributed by atoms with Crippen molar-refractivity contribution in [3.63, 3.8) is 0 Å². The molecule has 11 heteroatoms. The van der Waals surface area contributed by atoms with Gasteiger partial charge in [0.25, 0.3) is 5.91 Å². The number of thiazole rings is 1. The van der Waals surface area contributed by atoms with E-state index < -0.39 is 0 Å². The van der Waals surface area contributed by atoms with Crippen molar-refractivity contribution < 1.29 is 9.59 Å². The summed E-state index contributed by atoms with van der Waals surface area (Å²) in [7, 11) is 0. The van der Waals surface area contributed by atoms with E-state index >= 15 is 0 Å². The molecule has 0 bridgehead atoms. The van der Waals surface area contributed by atoms with Crippen LogP contribution >= 0.6 is 47.8 Å². The number of nitrogens with one attached hydrogen (secondary N) is 1. The normalized spacial score (nSPS) is 15.9. The van der Waals surface area contributed by atoms with Gasteiger partial charge in [0.15, 0.2) is 0 Å². The van der Waals surface area contributed by atoms with Gasteiger partial charge in [-0.15, -0.1) is 36.2 Å². The highest BCUT2D eigenvalue weighted by Crippen LogP contribution is 2.21. The van der Waals surface area contributed by atoms with Gasteiger partial charge in [-0.3, -0.25) is 9.59 Å². The number of carbonyl (C=O) groups excluding carboxylic acids is 2. The molecule has 0 aliphatic carbocycles. The van der Waals surface area contributed by atoms with E-state index in [1.807, 2.05) is 0 Å². The molecule has 3 heterocycles. The number of pyridine rings is 1. The highest BCUT2D eigenvalue weighted by atomic mass is 35.5. The molecule has 2 aromatic rings. The van der Waals surface area contributed by atoms with Gasteiger partial charge in [0.05, 0.1) is 15.9 Å². The lowest BCUT2D eigenvalue weighted by atomic mass is 9.97. The zero-order valence-corrected chi connectivity index (χ0v) is 18.2. The first-order valence-electron chi connectivity index (χ1n) is 8.43. The predicted octanol–water partition coefficient (Wildman–Crippen LogP) is 3.03. The lowest BCUT2D eigenvalue weighted by Gasteiger charge is -2.31. The topological polar surface area (TPSA) is 101 Å². The highest BCUT2D eigenvalue weighted by molar-refractivity contribution is 7.09. The van der Waals surface area contributed by atoms with Crippen LogP contribution in [0, 0.1) is 5.92 Å². The molecule has 1 aliphatic heterocycles. The molecule has 1 aliphatic rings. The standard InChI is InChI=1S/C17H20ClN5O2S.2ClH/c18-12-3-4-14(20-8-12)22-16(24)11-2-1-7-23(9-11)17(25)13-10-26-15(21-13)5-6-19;;/h3-4,8,10-11H,1-2,5-7,9,19H2,(H,20,22,24);2*1H. The van der Waals surface area contributed by atoms with E-state index in [9.17, 15) is 9.59 Å². The molecule has 0 aromatic carbocycles. The third-order valence-corrected chi connectivity index (χ3v) is 5.32. The van der Waals surface area contributed by atoms with Gasteiger partial charge < -0.3 is 16.0 Å². The van der Waals surface area contributed by atoms with Crippen LogP contribution in [0.2, 0.25) is 5.02 Å². The fourth-order valence-corrected chi connectivity index (χ4v) is 3.76. The largest absolute Gasteiger partial charge is 0.336 e. The molecule has 154 valence electrons. The average Bonchev–Trinajstić information content (AvgIpc) is 3.12. The second kappa shape index (κ2) is 11.5. The van der Waals surface area contributed by atoms with Crippen molar-refractivity contribution >= 4 is 65.4 Å². The van der Waals surface area contributed by atoms with Crippen molar-refractivity contribution in [1.29, 1.82) is 0 Å². The van der Waals surface area contributed by atoms with Gasteiger partial charge in [-0.2, -0.15) is 0 Å². The van der Waals surface area contributed by atoms with Crippen LogP contribution in [-0.2, 0) is 11.2 Å². The second-order valence-electron chi connectivity index (χ2n) is 6.11. The summed E-state index contributed by atoms with van der Waals surface area (Å²) in [6.07, 6.45) is 3.66. The maximum Gasteiger partial charge on any atom is 0.273 e. The smallest absolute Gasteiger partial charge is 0.273 e. The first-order chi connectivity index (χ1) is 12.6. The van der Waals surface area contributed by atoms with Gasteiger partial charge in [-0.1, -0.05) is 11.6 Å². The van der Waals surface area contributed by atoms with Crippen molar-refractivity contribution in [2.45, 2.75) is 19.3 Å². The Bertz CT molecular complexity index is 787. The maximum absolute atomic E-state index is 12.7. The fourth-order valence-electron chi connectivity index (χ4n) is 2.86. The zero-order chi connectivity index (χ0) is 18.5. The first kappa shape index (κ1) is 24.6. The minimum absolute atomic E-state index is 0. The van der Waals surface area contributed by atoms with Crippen LogP contribution in [0.5, 0.6) is 0 Å². The predicted molar refractivity (Wildman–Crippen MR) is 116 cm³/mol. The lowest BCUT2D eigenvalue weighted by molar-refractivity contribution is -0.121. The Hall–Kier alpha value is -1.45. The SMILES string of the molecule is Cl.Cl.NCCc1nc(C(=O)N2CCCC(C(=O)Nc3ccc(Cl)cn3)C2)cs1. The average molecular weight is 467 g/mol. The Morgan fingerprint density at radius 2 is 2.14 bits per heavy atom. The summed E-state index contributed by atoms with van der Waals surface area (Å²) in [5.41, 5.74) is 5.96. The number of piperidine rings is 1. The van der Waals surface area contributed by atoms with Crippen molar-refractivity contribution in [3.05, 3.63) is 39.4 Å². The molecule has 7 nitrogen and oxygen atoms in total. The monoisotopic (exact) mass is 465 g/mol. The number of likely N-dealkylation sites (tertiary alicyclic amines) is 1. The molecular weight excluding hydrogens is 445 g/mol. The minimum Gasteiger partial charge on any atom is -0.336 e. The molecule has 3 N–H and O–H groups in total. The number of hydrogen-bond donors (Lipinski definition) is 2. The van der Waals surface area contributed by atoms with Crippen LogP contribution in [0.25, 0.3) is 0 Å². The second-order valence-corrected chi connectivity index (χ2v) is 7.49. The maximum atomic E-state index is 12.7. The van der Waals surface area contributed by atoms with Gasteiger partial charge in [-0.25, -0.2) is 9.97 Å². The Balaban J connectivity index is 0.00000196. The van der Waals surface area contributed by atoms with Crippen LogP contribution in [0.1, 0.15) is 28.3 Å². The number of nitrogens with two attached hydrogens (primary N) is 1. The Kier molecular flexibility index (Phi) is 10.1. The van der Waals surface area contributed by atoms with Crippen molar-refractivity contribution in [3.8, 4) is 0 Å². The van der Waals surface area contributed by atoms with E-state index in [-0.39, 0.29) is 42.5 Å². The number of amides is 2. The molecule has 1 saturated heterocycles. The van der Waals surface area contributed by atoms with Gasteiger partial charge >= 0.3 is 0 Å². The first-order valence-corrected chi connectivity index (χ1v) is 9.68. The summed E-state index contributed by atoms with van der Waals surface area (Å²) in [6, 6.07) is 3.32. The quantitative estimate of drug-likeness (QED) is 0.705. The van der Waals surface area contributed by atoms with E-state index in [4.69, 9.17) is 17.3 Å². The van der Waals surface area contributed by atoms with Crippen molar-refractivity contribution in [1.82, 2.24) is 14.9 Å². The van der Waals surface area contributed by atoms with E-state index in [1.54, 1.807) is 22.4 Å². The van der Waals surface area contributed by atoms with Crippen molar-refractivity contribution in [2.75, 3.05) is 25.0 Å². The number of aromatic nitrogens is 2. The molecule has 3 rings (SSSR count). The third-order valence-electron chi connectivity index (χ3n) is 4.19. The molecule has 2 aromatic heterocycles. The number of nitrogens with zero attached hydrogens (tertiary/aromatic N) is 3. The summed E-state index contributed by atoms with van der Waals surface area (Å²) in [4.78, 5) is 35.3. The fraction of sp³-hybridized carbons (Fsp3) is 0.412. The lowest BCUT2D eigenvalue weighted by Crippen LogP contribution is -2.44. The number of anilines is 1. The molecule has 0 saturated carbocycles. The summed E-state index contributed by atoms with van der Waals surface area (Å²) in [5, 5.41) is 5.91. The van der Waals surface area contributed by atoms with E-state index in [0.717, 1.165) is 17.8 Å². The Labute approximate surface area is 184 Å². The summed E-state index contributed by atoms with van der Waals surface area (Å²) < 4.78 is 0. The van der Waals surface area contributed by atoms with Crippen LogP contribution in [0.3, 0.4) is 0 Å². The molecule has 1 unspecified atom stereocenters. The third kappa shape index (κ3) is 6.28. The van der Waals surface area contributed by atoms with Crippen LogP contribution < -0.4 is 11.1 Å². The van der Waals surface area contributed by atoms with E-state index in [0.29, 0.717) is 42.6 Å². The van der Waals surface area contributed by atoms with Gasteiger partial charge in [0, 0.05) is 31.1 Å². The van der Waals surface area contributed by atoms with Gasteiger partial charge in [0.1, 0.15) is 11.5 Å². The number of hydrogen-bond acceptors (Lipinski definition) is 6. The molecule has 1 fully saturated rings. The molecule has 28 heavy (non-hydrogen) atoms. The van der Waals surface area contributed by atoms with Gasteiger partial charge in [0.2, 0.25) is 5.91 Å². The highest BCUT2D eigenvalue weighted by Gasteiger charge is 2.30. The Morgan fingerprint density at radius 1 is 1.36 bits per heavy atom. The zero-order valence-electron chi connectivity index (χ0n) is 15.0. The summed E-state index contributed by atoms with van der Waals surface area (Å²) >= 11 is 7.24. The van der Waals surface area contributed by atoms with Crippen molar-refractivity contribution in [2.24, 2.45) is 11.7 Å². The molecule has 0 spiro atoms. The van der Waals surface area contributed by atoms with E-state index in [1.165, 1.54) is 17.5 Å². The molecule has 2 amide bonds. The molecule has 0 radical (unpaired) electrons. The minimum atomic E-state index is -0.271. The number of rotatable bonds is 5. The molecular formula is C17H22Cl3N5O2S. The summed E-state index contributed by atoms with van der Waals surface area (Å²) in [5.74, 6) is -0.0906. The van der Waals surface area contributed by atoms with Crippen LogP contribution in [-0.4, -0.2) is 46.3 Å². The summed E-state index contributed by atoms with van der Waals surface area (Å²) in [6.45, 7) is 1.51. The van der Waals surface area contributed by atoms with Crippen LogP contribution in [0.4, 0.5) is 5.82 Å².